The number of pyridine rings is 1. The van der Waals surface area contributed by atoms with E-state index in [2.05, 4.69) is 15.2 Å². The van der Waals surface area contributed by atoms with Crippen molar-refractivity contribution >= 4 is 48.3 Å². The van der Waals surface area contributed by atoms with Crippen molar-refractivity contribution in [3.63, 3.8) is 0 Å². The van der Waals surface area contributed by atoms with Crippen molar-refractivity contribution in [2.75, 3.05) is 49.1 Å². The lowest BCUT2D eigenvalue weighted by Gasteiger charge is -2.36. The molecule has 5 nitrogen and oxygen atoms in total. The summed E-state index contributed by atoms with van der Waals surface area (Å²) in [5, 5.41) is 3.43. The van der Waals surface area contributed by atoms with Crippen molar-refractivity contribution in [2.24, 2.45) is 0 Å². The van der Waals surface area contributed by atoms with Crippen LogP contribution in [0, 0.1) is 0 Å². The Balaban J connectivity index is 0.00000132. The summed E-state index contributed by atoms with van der Waals surface area (Å²) in [6.45, 7) is 4.37. The molecule has 0 aliphatic carbocycles. The van der Waals surface area contributed by atoms with Gasteiger partial charge in [-0.05, 0) is 12.1 Å². The molecule has 0 radical (unpaired) electrons. The van der Waals surface area contributed by atoms with Gasteiger partial charge in [0.1, 0.15) is 5.82 Å². The molecule has 0 bridgehead atoms. The Labute approximate surface area is 154 Å². The highest BCUT2D eigenvalue weighted by atomic mass is 35.5. The van der Waals surface area contributed by atoms with Crippen molar-refractivity contribution in [1.82, 2.24) is 15.2 Å². The SMILES string of the molecule is Cl.Cl.O=C(CC1CSCCN1)N1CCN(c2ccccn2)CC1. The third-order valence-electron chi connectivity index (χ3n) is 4.03. The summed E-state index contributed by atoms with van der Waals surface area (Å²) >= 11 is 1.94. The average molecular weight is 379 g/mol. The first-order chi connectivity index (χ1) is 10.3. The highest BCUT2D eigenvalue weighted by molar-refractivity contribution is 7.99. The molecule has 1 atom stereocenters. The summed E-state index contributed by atoms with van der Waals surface area (Å²) in [5.41, 5.74) is 0. The molecular weight excluding hydrogens is 355 g/mol. The highest BCUT2D eigenvalue weighted by Gasteiger charge is 2.24. The second kappa shape index (κ2) is 10.2. The number of piperazine rings is 1. The van der Waals surface area contributed by atoms with Crippen LogP contribution in [0.4, 0.5) is 5.82 Å². The minimum atomic E-state index is 0. The first-order valence-electron chi connectivity index (χ1n) is 7.58. The lowest BCUT2D eigenvalue weighted by Crippen LogP contribution is -2.51. The number of aromatic nitrogens is 1. The van der Waals surface area contributed by atoms with E-state index < -0.39 is 0 Å². The van der Waals surface area contributed by atoms with Crippen LogP contribution in [-0.4, -0.2) is 66.1 Å². The Hall–Kier alpha value is -0.690. The van der Waals surface area contributed by atoms with E-state index >= 15 is 0 Å². The number of halogens is 2. The van der Waals surface area contributed by atoms with Crippen LogP contribution < -0.4 is 10.2 Å². The number of carbonyl (C=O) groups excluding carboxylic acids is 1. The molecule has 2 fully saturated rings. The molecule has 1 amide bonds. The molecule has 1 aromatic rings. The number of thioether (sulfide) groups is 1. The van der Waals surface area contributed by atoms with Crippen LogP contribution in [0.15, 0.2) is 24.4 Å². The maximum Gasteiger partial charge on any atom is 0.224 e. The minimum absolute atomic E-state index is 0. The van der Waals surface area contributed by atoms with E-state index in [0.717, 1.165) is 50.0 Å². The smallest absolute Gasteiger partial charge is 0.224 e. The second-order valence-electron chi connectivity index (χ2n) is 5.49. The van der Waals surface area contributed by atoms with Crippen molar-refractivity contribution in [3.05, 3.63) is 24.4 Å². The van der Waals surface area contributed by atoms with E-state index in [4.69, 9.17) is 0 Å². The van der Waals surface area contributed by atoms with Crippen LogP contribution in [0.1, 0.15) is 6.42 Å². The van der Waals surface area contributed by atoms with Crippen LogP contribution in [0.25, 0.3) is 0 Å². The van der Waals surface area contributed by atoms with Gasteiger partial charge in [-0.25, -0.2) is 4.98 Å². The average Bonchev–Trinajstić information content (AvgIpc) is 2.57. The van der Waals surface area contributed by atoms with Crippen molar-refractivity contribution in [2.45, 2.75) is 12.5 Å². The molecule has 0 saturated carbocycles. The molecule has 130 valence electrons. The number of carbonyl (C=O) groups is 1. The summed E-state index contributed by atoms with van der Waals surface area (Å²) in [7, 11) is 0. The van der Waals surface area contributed by atoms with Gasteiger partial charge in [0.05, 0.1) is 0 Å². The molecule has 2 aliphatic heterocycles. The largest absolute Gasteiger partial charge is 0.353 e. The highest BCUT2D eigenvalue weighted by Crippen LogP contribution is 2.15. The molecule has 2 aliphatic rings. The zero-order valence-electron chi connectivity index (χ0n) is 13.0. The predicted octanol–water partition coefficient (Wildman–Crippen LogP) is 1.67. The van der Waals surface area contributed by atoms with Crippen molar-refractivity contribution in [3.8, 4) is 0 Å². The van der Waals surface area contributed by atoms with E-state index in [-0.39, 0.29) is 30.7 Å². The summed E-state index contributed by atoms with van der Waals surface area (Å²) in [6.07, 6.45) is 2.45. The number of nitrogens with zero attached hydrogens (tertiary/aromatic N) is 3. The number of amides is 1. The Morgan fingerprint density at radius 1 is 1.26 bits per heavy atom. The first kappa shape index (κ1) is 20.4. The van der Waals surface area contributed by atoms with E-state index in [1.54, 1.807) is 0 Å². The van der Waals surface area contributed by atoms with Gasteiger partial charge in [-0.15, -0.1) is 24.8 Å². The third-order valence-corrected chi connectivity index (χ3v) is 5.16. The second-order valence-corrected chi connectivity index (χ2v) is 6.64. The fraction of sp³-hybridized carbons (Fsp3) is 0.600. The minimum Gasteiger partial charge on any atom is -0.353 e. The maximum absolute atomic E-state index is 12.4. The Kier molecular flexibility index (Phi) is 9.06. The van der Waals surface area contributed by atoms with Crippen LogP contribution in [0.5, 0.6) is 0 Å². The molecule has 3 heterocycles. The van der Waals surface area contributed by atoms with Crippen molar-refractivity contribution < 1.29 is 4.79 Å². The Bertz CT molecular complexity index is 466. The third kappa shape index (κ3) is 5.71. The zero-order chi connectivity index (χ0) is 14.5. The molecule has 1 aromatic heterocycles. The standard InChI is InChI=1S/C15H22N4OS.2ClH/c20-15(11-13-12-21-10-5-16-13)19-8-6-18(7-9-19)14-3-1-2-4-17-14;;/h1-4,13,16H,5-12H2;2*1H. The molecule has 8 heteroatoms. The molecule has 1 unspecified atom stereocenters. The van der Waals surface area contributed by atoms with Gasteiger partial charge in [0.25, 0.3) is 0 Å². The molecule has 3 rings (SSSR count). The summed E-state index contributed by atoms with van der Waals surface area (Å²) < 4.78 is 0. The number of anilines is 1. The molecular formula is C15H24Cl2N4OS. The summed E-state index contributed by atoms with van der Waals surface area (Å²) in [4.78, 5) is 21.0. The van der Waals surface area contributed by atoms with E-state index in [1.165, 1.54) is 0 Å². The van der Waals surface area contributed by atoms with E-state index in [9.17, 15) is 4.79 Å². The molecule has 1 N–H and O–H groups in total. The monoisotopic (exact) mass is 378 g/mol. The van der Waals surface area contributed by atoms with Gasteiger partial charge in [0, 0.05) is 62.9 Å². The number of hydrogen-bond acceptors (Lipinski definition) is 5. The lowest BCUT2D eigenvalue weighted by atomic mass is 10.2. The van der Waals surface area contributed by atoms with Gasteiger partial charge in [0.2, 0.25) is 5.91 Å². The number of hydrogen-bond donors (Lipinski definition) is 1. The molecule has 0 aromatic carbocycles. The fourth-order valence-corrected chi connectivity index (χ4v) is 3.77. The fourth-order valence-electron chi connectivity index (χ4n) is 2.82. The Morgan fingerprint density at radius 2 is 2.04 bits per heavy atom. The van der Waals surface area contributed by atoms with Gasteiger partial charge in [-0.2, -0.15) is 11.8 Å². The number of nitrogens with one attached hydrogen (secondary N) is 1. The predicted molar refractivity (Wildman–Crippen MR) is 101 cm³/mol. The van der Waals surface area contributed by atoms with Crippen LogP contribution in [-0.2, 0) is 4.79 Å². The van der Waals surface area contributed by atoms with Gasteiger partial charge in [-0.3, -0.25) is 4.79 Å². The Morgan fingerprint density at radius 3 is 2.65 bits per heavy atom. The van der Waals surface area contributed by atoms with E-state index in [0.29, 0.717) is 12.5 Å². The molecule has 0 spiro atoms. The van der Waals surface area contributed by atoms with Crippen molar-refractivity contribution in [1.29, 1.82) is 0 Å². The quantitative estimate of drug-likeness (QED) is 0.866. The van der Waals surface area contributed by atoms with E-state index in [1.807, 2.05) is 41.1 Å². The van der Waals surface area contributed by atoms with Gasteiger partial charge in [-0.1, -0.05) is 6.07 Å². The van der Waals surface area contributed by atoms with Crippen LogP contribution in [0.2, 0.25) is 0 Å². The normalized spacial score (nSPS) is 21.1. The molecule has 2 saturated heterocycles. The van der Waals surface area contributed by atoms with Crippen LogP contribution >= 0.6 is 36.6 Å². The van der Waals surface area contributed by atoms with Gasteiger partial charge >= 0.3 is 0 Å². The van der Waals surface area contributed by atoms with Gasteiger partial charge < -0.3 is 15.1 Å². The molecule has 23 heavy (non-hydrogen) atoms. The number of rotatable bonds is 3. The topological polar surface area (TPSA) is 48.5 Å². The lowest BCUT2D eigenvalue weighted by molar-refractivity contribution is -0.131. The maximum atomic E-state index is 12.4. The van der Waals surface area contributed by atoms with Crippen LogP contribution in [0.3, 0.4) is 0 Å². The summed E-state index contributed by atoms with van der Waals surface area (Å²) in [5.74, 6) is 3.51. The first-order valence-corrected chi connectivity index (χ1v) is 8.73. The zero-order valence-corrected chi connectivity index (χ0v) is 15.5. The van der Waals surface area contributed by atoms with Gasteiger partial charge in [0.15, 0.2) is 0 Å². The summed E-state index contributed by atoms with van der Waals surface area (Å²) in [6, 6.07) is 6.32.